The first kappa shape index (κ1) is 15.0. The van der Waals surface area contributed by atoms with Gasteiger partial charge in [-0.05, 0) is 25.8 Å². The van der Waals surface area contributed by atoms with E-state index in [0.717, 1.165) is 11.1 Å². The molecule has 1 rings (SSSR count). The predicted molar refractivity (Wildman–Crippen MR) is 62.5 cm³/mol. The third-order valence-corrected chi connectivity index (χ3v) is 3.65. The number of halogens is 3. The molecule has 0 spiro atoms. The van der Waals surface area contributed by atoms with Crippen molar-refractivity contribution in [3.05, 3.63) is 35.4 Å². The van der Waals surface area contributed by atoms with Crippen LogP contribution in [0.2, 0.25) is 0 Å². The van der Waals surface area contributed by atoms with Crippen LogP contribution >= 0.6 is 0 Å². The van der Waals surface area contributed by atoms with Gasteiger partial charge in [0.25, 0.3) is 0 Å². The van der Waals surface area contributed by atoms with Crippen LogP contribution in [0.5, 0.6) is 0 Å². The molecule has 0 bridgehead atoms. The van der Waals surface area contributed by atoms with Crippen molar-refractivity contribution in [2.45, 2.75) is 31.8 Å². The van der Waals surface area contributed by atoms with E-state index in [1.54, 1.807) is 16.9 Å². The SMILES string of the molecule is Cc1ccc(C[C@@H](C)NS(=O)(=O)C(F)(F)F)cc1. The summed E-state index contributed by atoms with van der Waals surface area (Å²) in [6.07, 6.45) is 0.204. The third kappa shape index (κ3) is 3.99. The molecule has 1 atom stereocenters. The van der Waals surface area contributed by atoms with Crippen LogP contribution in [-0.4, -0.2) is 20.0 Å². The van der Waals surface area contributed by atoms with Crippen molar-refractivity contribution in [3.63, 3.8) is 0 Å². The quantitative estimate of drug-likeness (QED) is 0.921. The fourth-order valence-electron chi connectivity index (χ4n) is 1.45. The van der Waals surface area contributed by atoms with Gasteiger partial charge >= 0.3 is 15.5 Å². The van der Waals surface area contributed by atoms with Gasteiger partial charge in [-0.2, -0.15) is 13.2 Å². The maximum atomic E-state index is 12.1. The maximum absolute atomic E-state index is 12.1. The van der Waals surface area contributed by atoms with E-state index in [0.29, 0.717) is 0 Å². The Kier molecular flexibility index (Phi) is 4.39. The van der Waals surface area contributed by atoms with E-state index in [2.05, 4.69) is 0 Å². The van der Waals surface area contributed by atoms with Crippen LogP contribution in [0, 0.1) is 6.92 Å². The number of rotatable bonds is 4. The first-order valence-corrected chi connectivity index (χ1v) is 6.74. The van der Waals surface area contributed by atoms with E-state index >= 15 is 0 Å². The second-order valence-corrected chi connectivity index (χ2v) is 5.86. The second kappa shape index (κ2) is 5.27. The highest BCUT2D eigenvalue weighted by atomic mass is 32.2. The molecule has 0 aliphatic rings. The van der Waals surface area contributed by atoms with E-state index in [1.165, 1.54) is 6.92 Å². The predicted octanol–water partition coefficient (Wildman–Crippen LogP) is 2.37. The van der Waals surface area contributed by atoms with E-state index in [4.69, 9.17) is 0 Å². The van der Waals surface area contributed by atoms with Gasteiger partial charge in [-0.15, -0.1) is 0 Å². The molecule has 0 amide bonds. The van der Waals surface area contributed by atoms with Gasteiger partial charge in [-0.3, -0.25) is 0 Å². The standard InChI is InChI=1S/C11H14F3NO2S/c1-8-3-5-10(6-4-8)7-9(2)15-18(16,17)11(12,13)14/h3-6,9,15H,7H2,1-2H3/t9-/m1/s1. The lowest BCUT2D eigenvalue weighted by Gasteiger charge is -2.15. The van der Waals surface area contributed by atoms with E-state index in [9.17, 15) is 21.6 Å². The highest BCUT2D eigenvalue weighted by Gasteiger charge is 2.46. The highest BCUT2D eigenvalue weighted by Crippen LogP contribution is 2.22. The molecule has 0 aliphatic carbocycles. The molecule has 0 fully saturated rings. The molecule has 1 aromatic carbocycles. The van der Waals surface area contributed by atoms with Gasteiger partial charge in [-0.25, -0.2) is 13.1 Å². The number of hydrogen-bond donors (Lipinski definition) is 1. The fraction of sp³-hybridized carbons (Fsp3) is 0.455. The molecule has 0 radical (unpaired) electrons. The smallest absolute Gasteiger partial charge is 0.204 e. The summed E-state index contributed by atoms with van der Waals surface area (Å²) in [5.41, 5.74) is -3.46. The van der Waals surface area contributed by atoms with Gasteiger partial charge in [-0.1, -0.05) is 29.8 Å². The fourth-order valence-corrected chi connectivity index (χ4v) is 2.20. The average Bonchev–Trinajstić information content (AvgIpc) is 2.19. The van der Waals surface area contributed by atoms with Crippen molar-refractivity contribution in [2.24, 2.45) is 0 Å². The Bertz CT molecular complexity index is 494. The summed E-state index contributed by atoms with van der Waals surface area (Å²) in [5.74, 6) is 0. The number of aryl methyl sites for hydroxylation is 1. The van der Waals surface area contributed by atoms with Crippen LogP contribution < -0.4 is 4.72 Å². The van der Waals surface area contributed by atoms with Crippen LogP contribution in [-0.2, 0) is 16.4 Å². The summed E-state index contributed by atoms with van der Waals surface area (Å²) in [6, 6.07) is 6.33. The Hall–Kier alpha value is -1.08. The molecular weight excluding hydrogens is 267 g/mol. The summed E-state index contributed by atoms with van der Waals surface area (Å²) in [7, 11) is -5.28. The number of benzene rings is 1. The van der Waals surface area contributed by atoms with Crippen LogP contribution in [0.4, 0.5) is 13.2 Å². The number of alkyl halides is 3. The Morgan fingerprint density at radius 3 is 2.17 bits per heavy atom. The molecule has 0 heterocycles. The Morgan fingerprint density at radius 2 is 1.72 bits per heavy atom. The Morgan fingerprint density at radius 1 is 1.22 bits per heavy atom. The van der Waals surface area contributed by atoms with E-state index < -0.39 is 21.6 Å². The monoisotopic (exact) mass is 281 g/mol. The van der Waals surface area contributed by atoms with Gasteiger partial charge in [0, 0.05) is 6.04 Å². The van der Waals surface area contributed by atoms with Crippen molar-refractivity contribution >= 4 is 10.0 Å². The Balaban J connectivity index is 2.68. The molecule has 1 aromatic rings. The first-order chi connectivity index (χ1) is 8.12. The van der Waals surface area contributed by atoms with Crippen molar-refractivity contribution in [3.8, 4) is 0 Å². The summed E-state index contributed by atoms with van der Waals surface area (Å²) in [4.78, 5) is 0. The molecule has 1 N–H and O–H groups in total. The maximum Gasteiger partial charge on any atom is 0.511 e. The third-order valence-electron chi connectivity index (χ3n) is 2.32. The molecular formula is C11H14F3NO2S. The van der Waals surface area contributed by atoms with Gasteiger partial charge in [0.05, 0.1) is 0 Å². The van der Waals surface area contributed by atoms with Crippen molar-refractivity contribution in [1.82, 2.24) is 4.72 Å². The number of sulfonamides is 1. The lowest BCUT2D eigenvalue weighted by atomic mass is 10.1. The second-order valence-electron chi connectivity index (χ2n) is 4.16. The lowest BCUT2D eigenvalue weighted by molar-refractivity contribution is -0.0450. The number of nitrogens with one attached hydrogen (secondary N) is 1. The summed E-state index contributed by atoms with van der Waals surface area (Å²) in [5, 5.41) is 0. The average molecular weight is 281 g/mol. The van der Waals surface area contributed by atoms with Crippen LogP contribution in [0.25, 0.3) is 0 Å². The largest absolute Gasteiger partial charge is 0.511 e. The topological polar surface area (TPSA) is 46.2 Å². The first-order valence-electron chi connectivity index (χ1n) is 5.26. The van der Waals surface area contributed by atoms with Crippen LogP contribution in [0.15, 0.2) is 24.3 Å². The van der Waals surface area contributed by atoms with Gasteiger partial charge in [0.2, 0.25) is 0 Å². The van der Waals surface area contributed by atoms with Crippen molar-refractivity contribution in [1.29, 1.82) is 0 Å². The zero-order chi connectivity index (χ0) is 14.0. The van der Waals surface area contributed by atoms with Gasteiger partial charge in [0.15, 0.2) is 0 Å². The molecule has 18 heavy (non-hydrogen) atoms. The van der Waals surface area contributed by atoms with Crippen molar-refractivity contribution < 1.29 is 21.6 Å². The molecule has 102 valence electrons. The molecule has 0 saturated carbocycles. The zero-order valence-corrected chi connectivity index (χ0v) is 10.8. The Labute approximate surface area is 104 Å². The van der Waals surface area contributed by atoms with E-state index in [1.807, 2.05) is 19.1 Å². The molecule has 7 heteroatoms. The minimum absolute atomic E-state index is 0.204. The molecule has 0 aliphatic heterocycles. The number of hydrogen-bond acceptors (Lipinski definition) is 2. The molecule has 0 unspecified atom stereocenters. The molecule has 3 nitrogen and oxygen atoms in total. The van der Waals surface area contributed by atoms with E-state index in [-0.39, 0.29) is 6.42 Å². The van der Waals surface area contributed by atoms with Gasteiger partial charge < -0.3 is 0 Å². The normalized spacial score (nSPS) is 14.5. The van der Waals surface area contributed by atoms with Crippen LogP contribution in [0.3, 0.4) is 0 Å². The highest BCUT2D eigenvalue weighted by molar-refractivity contribution is 7.90. The minimum Gasteiger partial charge on any atom is -0.204 e. The van der Waals surface area contributed by atoms with Crippen molar-refractivity contribution in [2.75, 3.05) is 0 Å². The minimum atomic E-state index is -5.28. The molecule has 0 saturated heterocycles. The van der Waals surface area contributed by atoms with Gasteiger partial charge in [0.1, 0.15) is 0 Å². The summed E-state index contributed by atoms with van der Waals surface area (Å²) >= 11 is 0. The molecule has 0 aromatic heterocycles. The zero-order valence-electron chi connectivity index (χ0n) is 9.95. The lowest BCUT2D eigenvalue weighted by Crippen LogP contribution is -2.42. The van der Waals surface area contributed by atoms with Crippen LogP contribution in [0.1, 0.15) is 18.1 Å². The summed E-state index contributed by atoms with van der Waals surface area (Å²) in [6.45, 7) is 3.28. The summed E-state index contributed by atoms with van der Waals surface area (Å²) < 4.78 is 59.8.